The molecular weight excluding hydrogens is 330 g/mol. The number of methoxy groups -OCH3 is 1. The van der Waals surface area contributed by atoms with E-state index in [0.29, 0.717) is 27.7 Å². The third kappa shape index (κ3) is 4.29. The van der Waals surface area contributed by atoms with Gasteiger partial charge in [0.2, 0.25) is 5.69 Å². The molecule has 128 valence electrons. The maximum Gasteiger partial charge on any atom is 0.364 e. The van der Waals surface area contributed by atoms with Crippen LogP contribution in [0.4, 0.5) is 5.82 Å². The van der Waals surface area contributed by atoms with Crippen molar-refractivity contribution in [2.45, 2.75) is 26.2 Å². The number of carbonyl (C=O) groups excluding carboxylic acids is 1. The first-order valence-electron chi connectivity index (χ1n) is 7.64. The highest BCUT2D eigenvalue weighted by Crippen LogP contribution is 2.34. The summed E-state index contributed by atoms with van der Waals surface area (Å²) in [6, 6.07) is 6.21. The van der Waals surface area contributed by atoms with Crippen LogP contribution < -0.4 is 10.1 Å². The van der Waals surface area contributed by atoms with Gasteiger partial charge in [-0.15, -0.1) is 11.3 Å². The van der Waals surface area contributed by atoms with E-state index in [-0.39, 0.29) is 11.7 Å². The van der Waals surface area contributed by atoms with Crippen LogP contribution in [0, 0.1) is 10.1 Å². The summed E-state index contributed by atoms with van der Waals surface area (Å²) < 4.78 is 5.22. The van der Waals surface area contributed by atoms with Crippen molar-refractivity contribution in [1.82, 2.24) is 10.3 Å². The van der Waals surface area contributed by atoms with Gasteiger partial charge < -0.3 is 20.2 Å². The molecule has 2 rings (SSSR count). The fourth-order valence-corrected chi connectivity index (χ4v) is 3.05. The summed E-state index contributed by atoms with van der Waals surface area (Å²) in [5.41, 5.74) is 0.363. The maximum absolute atomic E-state index is 12.1. The van der Waals surface area contributed by atoms with Gasteiger partial charge in [0.25, 0.3) is 5.91 Å². The Balaban J connectivity index is 2.19. The number of unbranched alkanes of at least 4 members (excludes halogenated alkanes) is 2. The third-order valence-electron chi connectivity index (χ3n) is 3.38. The molecule has 7 nitrogen and oxygen atoms in total. The Bertz CT molecular complexity index is 730. The molecule has 1 N–H and O–H groups in total. The van der Waals surface area contributed by atoms with Crippen molar-refractivity contribution in [3.05, 3.63) is 39.3 Å². The number of hydrogen-bond donors (Lipinski definition) is 1. The first kappa shape index (κ1) is 17.9. The number of amides is 1. The minimum Gasteiger partial charge on any atom is -0.492 e. The zero-order valence-corrected chi connectivity index (χ0v) is 14.4. The molecule has 0 spiro atoms. The number of carbonyl (C=O) groups is 1. The van der Waals surface area contributed by atoms with Crippen LogP contribution in [0.1, 0.15) is 35.9 Å². The Morgan fingerprint density at radius 3 is 2.79 bits per heavy atom. The molecule has 0 radical (unpaired) electrons. The molecule has 0 aromatic carbocycles. The SMILES string of the molecule is CCCCCNC(=O)c1ccc(-c2nc([N+](=O)[O-])ccc2OC)s1. The Hall–Kier alpha value is -2.48. The van der Waals surface area contributed by atoms with Crippen LogP contribution in [-0.4, -0.2) is 29.5 Å². The predicted octanol–water partition coefficient (Wildman–Crippen LogP) is 3.65. The third-order valence-corrected chi connectivity index (χ3v) is 4.47. The molecule has 0 saturated carbocycles. The minimum atomic E-state index is -0.558. The summed E-state index contributed by atoms with van der Waals surface area (Å²) in [6.45, 7) is 2.74. The number of aromatic nitrogens is 1. The lowest BCUT2D eigenvalue weighted by molar-refractivity contribution is -0.389. The van der Waals surface area contributed by atoms with Gasteiger partial charge in [-0.1, -0.05) is 19.8 Å². The number of nitro groups is 1. The van der Waals surface area contributed by atoms with Crippen molar-refractivity contribution in [3.63, 3.8) is 0 Å². The van der Waals surface area contributed by atoms with Gasteiger partial charge in [0.15, 0.2) is 5.75 Å². The largest absolute Gasteiger partial charge is 0.492 e. The molecule has 0 fully saturated rings. The van der Waals surface area contributed by atoms with Gasteiger partial charge in [0.1, 0.15) is 0 Å². The van der Waals surface area contributed by atoms with Crippen molar-refractivity contribution < 1.29 is 14.5 Å². The number of ether oxygens (including phenoxy) is 1. The smallest absolute Gasteiger partial charge is 0.364 e. The highest BCUT2D eigenvalue weighted by atomic mass is 32.1. The van der Waals surface area contributed by atoms with E-state index in [1.807, 2.05) is 0 Å². The van der Waals surface area contributed by atoms with Gasteiger partial charge in [-0.25, -0.2) is 0 Å². The van der Waals surface area contributed by atoms with Gasteiger partial charge in [-0.2, -0.15) is 0 Å². The first-order chi connectivity index (χ1) is 11.6. The van der Waals surface area contributed by atoms with Crippen LogP contribution >= 0.6 is 11.3 Å². The van der Waals surface area contributed by atoms with Crippen LogP contribution in [0.25, 0.3) is 10.6 Å². The highest BCUT2D eigenvalue weighted by Gasteiger charge is 2.21. The second-order valence-corrected chi connectivity index (χ2v) is 6.19. The van der Waals surface area contributed by atoms with Gasteiger partial charge in [0, 0.05) is 12.6 Å². The summed E-state index contributed by atoms with van der Waals surface area (Å²) in [5, 5.41) is 13.8. The van der Waals surface area contributed by atoms with Crippen molar-refractivity contribution in [2.75, 3.05) is 13.7 Å². The number of thiophene rings is 1. The number of nitrogens with one attached hydrogen (secondary N) is 1. The van der Waals surface area contributed by atoms with E-state index < -0.39 is 4.92 Å². The number of pyridine rings is 1. The van der Waals surface area contributed by atoms with Crippen LogP contribution in [-0.2, 0) is 0 Å². The van der Waals surface area contributed by atoms with Gasteiger partial charge in [-0.05, 0) is 34.5 Å². The normalized spacial score (nSPS) is 10.4. The van der Waals surface area contributed by atoms with Crippen molar-refractivity contribution in [3.8, 4) is 16.3 Å². The molecule has 0 atom stereocenters. The summed E-state index contributed by atoms with van der Waals surface area (Å²) in [7, 11) is 1.47. The molecule has 8 heteroatoms. The Labute approximate surface area is 143 Å². The van der Waals surface area contributed by atoms with Crippen LogP contribution in [0.15, 0.2) is 24.3 Å². The topological polar surface area (TPSA) is 94.4 Å². The molecule has 1 amide bonds. The number of nitrogens with zero attached hydrogens (tertiary/aromatic N) is 2. The van der Waals surface area contributed by atoms with Crippen LogP contribution in [0.5, 0.6) is 5.75 Å². The molecule has 0 aliphatic heterocycles. The maximum atomic E-state index is 12.1. The second kappa shape index (κ2) is 8.39. The zero-order valence-electron chi connectivity index (χ0n) is 13.6. The number of hydrogen-bond acceptors (Lipinski definition) is 6. The summed E-state index contributed by atoms with van der Waals surface area (Å²) in [6.07, 6.45) is 3.11. The molecule has 2 aromatic heterocycles. The molecule has 24 heavy (non-hydrogen) atoms. The van der Waals surface area contributed by atoms with E-state index in [2.05, 4.69) is 17.2 Å². The summed E-state index contributed by atoms with van der Waals surface area (Å²) in [4.78, 5) is 27.7. The molecule has 0 aliphatic carbocycles. The van der Waals surface area contributed by atoms with Crippen molar-refractivity contribution >= 4 is 23.1 Å². The molecular formula is C16H19N3O4S. The van der Waals surface area contributed by atoms with E-state index in [1.165, 1.54) is 30.6 Å². The fourth-order valence-electron chi connectivity index (χ4n) is 2.13. The molecule has 2 aromatic rings. The van der Waals surface area contributed by atoms with Gasteiger partial charge >= 0.3 is 5.82 Å². The molecule has 0 unspecified atom stereocenters. The Kier molecular flexibility index (Phi) is 6.25. The zero-order chi connectivity index (χ0) is 17.5. The Morgan fingerprint density at radius 1 is 1.33 bits per heavy atom. The van der Waals surface area contributed by atoms with E-state index in [1.54, 1.807) is 12.1 Å². The average Bonchev–Trinajstić information content (AvgIpc) is 3.08. The van der Waals surface area contributed by atoms with Gasteiger partial charge in [-0.3, -0.25) is 4.79 Å². The van der Waals surface area contributed by atoms with Gasteiger partial charge in [0.05, 0.1) is 16.9 Å². The van der Waals surface area contributed by atoms with E-state index in [0.717, 1.165) is 19.3 Å². The highest BCUT2D eigenvalue weighted by molar-refractivity contribution is 7.17. The summed E-state index contributed by atoms with van der Waals surface area (Å²) >= 11 is 1.23. The lowest BCUT2D eigenvalue weighted by Crippen LogP contribution is -2.23. The monoisotopic (exact) mass is 349 g/mol. The predicted molar refractivity (Wildman–Crippen MR) is 92.6 cm³/mol. The quantitative estimate of drug-likeness (QED) is 0.446. The average molecular weight is 349 g/mol. The molecule has 0 aliphatic rings. The minimum absolute atomic E-state index is 0.147. The molecule has 0 saturated heterocycles. The molecule has 2 heterocycles. The van der Waals surface area contributed by atoms with Crippen molar-refractivity contribution in [1.29, 1.82) is 0 Å². The summed E-state index contributed by atoms with van der Waals surface area (Å²) in [5.74, 6) is 0.0221. The lowest BCUT2D eigenvalue weighted by atomic mass is 10.2. The van der Waals surface area contributed by atoms with Crippen molar-refractivity contribution in [2.24, 2.45) is 0 Å². The second-order valence-electron chi connectivity index (χ2n) is 5.10. The van der Waals surface area contributed by atoms with E-state index >= 15 is 0 Å². The van der Waals surface area contributed by atoms with Crippen LogP contribution in [0.2, 0.25) is 0 Å². The van der Waals surface area contributed by atoms with E-state index in [9.17, 15) is 14.9 Å². The number of rotatable bonds is 8. The standard InChI is InChI=1S/C16H19N3O4S/c1-3-4-5-10-17-16(20)13-8-7-12(24-13)15-11(23-2)6-9-14(18-15)19(21)22/h6-9H,3-5,10H2,1-2H3,(H,17,20). The van der Waals surface area contributed by atoms with Crippen LogP contribution in [0.3, 0.4) is 0 Å². The first-order valence-corrected chi connectivity index (χ1v) is 8.46. The van der Waals surface area contributed by atoms with E-state index in [4.69, 9.17) is 4.74 Å². The lowest BCUT2D eigenvalue weighted by Gasteiger charge is -2.03. The molecule has 0 bridgehead atoms. The Morgan fingerprint density at radius 2 is 2.12 bits per heavy atom. The fraction of sp³-hybridized carbons (Fsp3) is 0.375.